The molecule has 190 valence electrons. The summed E-state index contributed by atoms with van der Waals surface area (Å²) in [6, 6.07) is 30.8. The second-order valence-corrected chi connectivity index (χ2v) is 10.2. The van der Waals surface area contributed by atoms with Crippen molar-refractivity contribution in [3.05, 3.63) is 112 Å². The predicted octanol–water partition coefficient (Wildman–Crippen LogP) is 8.53. The van der Waals surface area contributed by atoms with Crippen molar-refractivity contribution in [1.29, 1.82) is 5.26 Å². The summed E-state index contributed by atoms with van der Waals surface area (Å²) in [5, 5.41) is 10.2. The standard InChI is InChI=1S/C34H36N2.ClH/c1-2-21-34(26-35,30-13-4-3-5-14-30)22-10-23-36-24-19-29(20-25-36)33-31-15-8-6-11-27(31)17-18-28-12-7-9-16-32(28)33;/h3-9,11-18H,2,10,19-25H2,1H3;1H. The first-order valence-corrected chi connectivity index (χ1v) is 13.5. The molecule has 0 bridgehead atoms. The Morgan fingerprint density at radius 3 is 1.92 bits per heavy atom. The second kappa shape index (κ2) is 12.4. The molecule has 3 aromatic carbocycles. The molecule has 0 amide bonds. The van der Waals surface area contributed by atoms with Crippen LogP contribution in [0.25, 0.3) is 17.7 Å². The Labute approximate surface area is 228 Å². The van der Waals surface area contributed by atoms with Gasteiger partial charge in [0.1, 0.15) is 0 Å². The zero-order valence-corrected chi connectivity index (χ0v) is 22.6. The summed E-state index contributed by atoms with van der Waals surface area (Å²) in [7, 11) is 0. The molecule has 2 aliphatic rings. The van der Waals surface area contributed by atoms with Crippen LogP contribution in [0.1, 0.15) is 73.3 Å². The van der Waals surface area contributed by atoms with Crippen LogP contribution in [0.2, 0.25) is 0 Å². The SMILES string of the molecule is CCCC(C#N)(CCCN1CCC(=C2c3ccccc3C=Cc3ccccc32)CC1)c1ccccc1.Cl. The molecule has 1 unspecified atom stereocenters. The summed E-state index contributed by atoms with van der Waals surface area (Å²) < 4.78 is 0. The van der Waals surface area contributed by atoms with Crippen LogP contribution in [0.3, 0.4) is 0 Å². The van der Waals surface area contributed by atoms with Gasteiger partial charge < -0.3 is 4.90 Å². The lowest BCUT2D eigenvalue weighted by atomic mass is 9.74. The number of nitriles is 1. The molecule has 5 rings (SSSR count). The summed E-state index contributed by atoms with van der Waals surface area (Å²) in [6.45, 7) is 5.44. The fourth-order valence-corrected chi connectivity index (χ4v) is 6.12. The van der Waals surface area contributed by atoms with Crippen molar-refractivity contribution >= 4 is 30.1 Å². The molecule has 0 radical (unpaired) electrons. The van der Waals surface area contributed by atoms with E-state index in [2.05, 4.69) is 103 Å². The predicted molar refractivity (Wildman–Crippen MR) is 159 cm³/mol. The molecule has 1 aliphatic carbocycles. The van der Waals surface area contributed by atoms with Crippen LogP contribution >= 0.6 is 12.4 Å². The minimum Gasteiger partial charge on any atom is -0.303 e. The number of halogens is 1. The molecule has 37 heavy (non-hydrogen) atoms. The zero-order valence-electron chi connectivity index (χ0n) is 21.8. The van der Waals surface area contributed by atoms with Gasteiger partial charge >= 0.3 is 0 Å². The Morgan fingerprint density at radius 1 is 0.784 bits per heavy atom. The molecule has 3 aromatic rings. The van der Waals surface area contributed by atoms with Crippen LogP contribution in [-0.4, -0.2) is 24.5 Å². The van der Waals surface area contributed by atoms with Crippen LogP contribution in [0.15, 0.2) is 84.4 Å². The van der Waals surface area contributed by atoms with Crippen LogP contribution in [0.4, 0.5) is 0 Å². The molecule has 2 nitrogen and oxygen atoms in total. The van der Waals surface area contributed by atoms with Crippen molar-refractivity contribution in [2.24, 2.45) is 0 Å². The van der Waals surface area contributed by atoms with E-state index in [4.69, 9.17) is 0 Å². The average molecular weight is 509 g/mol. The van der Waals surface area contributed by atoms with E-state index >= 15 is 0 Å². The number of nitrogens with zero attached hydrogens (tertiary/aromatic N) is 2. The maximum Gasteiger partial charge on any atom is 0.0822 e. The largest absolute Gasteiger partial charge is 0.303 e. The molecule has 0 N–H and O–H groups in total. The van der Waals surface area contributed by atoms with E-state index in [9.17, 15) is 5.26 Å². The molecule has 0 saturated carbocycles. The fourth-order valence-electron chi connectivity index (χ4n) is 6.12. The van der Waals surface area contributed by atoms with Gasteiger partial charge in [-0.25, -0.2) is 0 Å². The first kappa shape index (κ1) is 26.9. The van der Waals surface area contributed by atoms with E-state index in [0.29, 0.717) is 0 Å². The van der Waals surface area contributed by atoms with E-state index in [1.165, 1.54) is 33.4 Å². The molecule has 1 heterocycles. The van der Waals surface area contributed by atoms with Gasteiger partial charge in [-0.15, -0.1) is 12.4 Å². The number of piperidine rings is 1. The molecular formula is C34H37ClN2. The lowest BCUT2D eigenvalue weighted by Crippen LogP contribution is -2.33. The normalized spacial score (nSPS) is 16.5. The monoisotopic (exact) mass is 508 g/mol. The van der Waals surface area contributed by atoms with Crippen LogP contribution in [0.5, 0.6) is 0 Å². The van der Waals surface area contributed by atoms with Crippen molar-refractivity contribution in [3.8, 4) is 6.07 Å². The van der Waals surface area contributed by atoms with Crippen molar-refractivity contribution in [2.45, 2.75) is 50.9 Å². The lowest BCUT2D eigenvalue weighted by molar-refractivity contribution is 0.244. The van der Waals surface area contributed by atoms with E-state index in [1.807, 2.05) is 6.07 Å². The van der Waals surface area contributed by atoms with Gasteiger partial charge in [0.2, 0.25) is 0 Å². The van der Waals surface area contributed by atoms with Crippen LogP contribution in [0, 0.1) is 11.3 Å². The molecule has 1 atom stereocenters. The fraction of sp³-hybridized carbons (Fsp3) is 0.324. The first-order chi connectivity index (χ1) is 17.7. The Balaban J connectivity index is 0.00000320. The molecule has 0 aromatic heterocycles. The number of likely N-dealkylation sites (tertiary alicyclic amines) is 1. The van der Waals surface area contributed by atoms with Gasteiger partial charge in [-0.3, -0.25) is 0 Å². The molecule has 3 heteroatoms. The third-order valence-electron chi connectivity index (χ3n) is 8.01. The highest BCUT2D eigenvalue weighted by Gasteiger charge is 2.31. The van der Waals surface area contributed by atoms with Gasteiger partial charge in [0.05, 0.1) is 11.5 Å². The Bertz CT molecular complexity index is 1240. The quantitative estimate of drug-likeness (QED) is 0.250. The molecule has 1 aliphatic heterocycles. The zero-order chi connectivity index (χ0) is 24.8. The van der Waals surface area contributed by atoms with Crippen LogP contribution in [-0.2, 0) is 5.41 Å². The smallest absolute Gasteiger partial charge is 0.0822 e. The van der Waals surface area contributed by atoms with Crippen molar-refractivity contribution in [1.82, 2.24) is 4.90 Å². The maximum atomic E-state index is 10.2. The summed E-state index contributed by atoms with van der Waals surface area (Å²) in [6.07, 6.45) is 10.7. The van der Waals surface area contributed by atoms with E-state index in [-0.39, 0.29) is 17.8 Å². The summed E-state index contributed by atoms with van der Waals surface area (Å²) in [5.41, 5.74) is 9.19. The Kier molecular flexibility index (Phi) is 9.04. The highest BCUT2D eigenvalue weighted by molar-refractivity contribution is 5.94. The minimum atomic E-state index is -0.361. The van der Waals surface area contributed by atoms with Crippen LogP contribution < -0.4 is 0 Å². The Morgan fingerprint density at radius 2 is 1.35 bits per heavy atom. The summed E-state index contributed by atoms with van der Waals surface area (Å²) in [5.74, 6) is 0. The third-order valence-corrected chi connectivity index (χ3v) is 8.01. The van der Waals surface area contributed by atoms with Crippen molar-refractivity contribution in [2.75, 3.05) is 19.6 Å². The van der Waals surface area contributed by atoms with Gasteiger partial charge in [-0.05, 0) is 72.0 Å². The molecule has 1 saturated heterocycles. The van der Waals surface area contributed by atoms with Gasteiger partial charge in [0, 0.05) is 13.1 Å². The number of rotatable bonds is 7. The number of hydrogen-bond acceptors (Lipinski definition) is 2. The maximum absolute atomic E-state index is 10.2. The topological polar surface area (TPSA) is 27.0 Å². The lowest BCUT2D eigenvalue weighted by Gasteiger charge is -2.32. The van der Waals surface area contributed by atoms with Gasteiger partial charge in [-0.2, -0.15) is 5.26 Å². The highest BCUT2D eigenvalue weighted by Crippen LogP contribution is 2.39. The highest BCUT2D eigenvalue weighted by atomic mass is 35.5. The van der Waals surface area contributed by atoms with Crippen molar-refractivity contribution in [3.63, 3.8) is 0 Å². The summed E-state index contributed by atoms with van der Waals surface area (Å²) >= 11 is 0. The van der Waals surface area contributed by atoms with Gasteiger partial charge in [0.25, 0.3) is 0 Å². The van der Waals surface area contributed by atoms with Gasteiger partial charge in [-0.1, -0.05) is 110 Å². The average Bonchev–Trinajstić information content (AvgIpc) is 3.10. The summed E-state index contributed by atoms with van der Waals surface area (Å²) in [4.78, 5) is 2.61. The van der Waals surface area contributed by atoms with Crippen molar-refractivity contribution < 1.29 is 0 Å². The van der Waals surface area contributed by atoms with Gasteiger partial charge in [0.15, 0.2) is 0 Å². The molecule has 1 fully saturated rings. The number of fused-ring (bicyclic) bond motifs is 2. The minimum absolute atomic E-state index is 0. The van der Waals surface area contributed by atoms with E-state index < -0.39 is 0 Å². The number of benzene rings is 3. The van der Waals surface area contributed by atoms with E-state index in [1.54, 1.807) is 5.57 Å². The second-order valence-electron chi connectivity index (χ2n) is 10.2. The molecule has 0 spiro atoms. The molecular weight excluding hydrogens is 472 g/mol. The Hall–Kier alpha value is -3.12. The van der Waals surface area contributed by atoms with E-state index in [0.717, 1.165) is 58.2 Å². The number of hydrogen-bond donors (Lipinski definition) is 0. The third kappa shape index (κ3) is 5.74. The first-order valence-electron chi connectivity index (χ1n) is 13.5.